The minimum Gasteiger partial charge on any atom is -0.444 e. The Balaban J connectivity index is 2.19. The molecular formula is C12H17F2N3O2. The molecule has 0 aromatic carbocycles. The van der Waals surface area contributed by atoms with Crippen LogP contribution in [-0.4, -0.2) is 39.0 Å². The molecule has 1 aliphatic rings. The average molecular weight is 273 g/mol. The Kier molecular flexibility index (Phi) is 3.24. The molecule has 5 nitrogen and oxygen atoms in total. The molecule has 0 bridgehead atoms. The van der Waals surface area contributed by atoms with Gasteiger partial charge in [0.15, 0.2) is 0 Å². The van der Waals surface area contributed by atoms with E-state index in [0.717, 1.165) is 4.90 Å². The molecule has 1 atom stereocenters. The Labute approximate surface area is 110 Å². The molecule has 0 spiro atoms. The third-order valence-electron chi connectivity index (χ3n) is 2.78. The van der Waals surface area contributed by atoms with Crippen LogP contribution in [0.15, 0.2) is 12.5 Å². The van der Waals surface area contributed by atoms with Crippen LogP contribution in [0.2, 0.25) is 0 Å². The quantitative estimate of drug-likeness (QED) is 0.856. The SMILES string of the molecule is CC(C)(C)OC(=O)N1CC(F)(F)CC1c1cnc[nH]1. The average Bonchev–Trinajstić information content (AvgIpc) is 2.81. The minimum atomic E-state index is -2.91. The molecule has 1 aromatic rings. The minimum absolute atomic E-state index is 0.422. The zero-order valence-electron chi connectivity index (χ0n) is 11.1. The van der Waals surface area contributed by atoms with Crippen LogP contribution >= 0.6 is 0 Å². The number of aromatic nitrogens is 2. The Morgan fingerprint density at radius 1 is 1.58 bits per heavy atom. The van der Waals surface area contributed by atoms with Crippen molar-refractivity contribution in [1.29, 1.82) is 0 Å². The number of carbonyl (C=O) groups excluding carboxylic acids is 1. The van der Waals surface area contributed by atoms with Crippen LogP contribution in [0.3, 0.4) is 0 Å². The number of ether oxygens (including phenoxy) is 1. The molecule has 1 aliphatic heterocycles. The lowest BCUT2D eigenvalue weighted by molar-refractivity contribution is -0.00245. The van der Waals surface area contributed by atoms with E-state index in [9.17, 15) is 13.6 Å². The summed E-state index contributed by atoms with van der Waals surface area (Å²) in [5, 5.41) is 0. The highest BCUT2D eigenvalue weighted by molar-refractivity contribution is 5.69. The van der Waals surface area contributed by atoms with Crippen molar-refractivity contribution in [1.82, 2.24) is 14.9 Å². The number of amides is 1. The summed E-state index contributed by atoms with van der Waals surface area (Å²) in [7, 11) is 0. The van der Waals surface area contributed by atoms with Gasteiger partial charge in [0.2, 0.25) is 0 Å². The predicted octanol–water partition coefficient (Wildman–Crippen LogP) is 2.73. The summed E-state index contributed by atoms with van der Waals surface area (Å²) in [4.78, 5) is 19.6. The summed E-state index contributed by atoms with van der Waals surface area (Å²) in [6, 6.07) is -0.729. The number of H-pyrrole nitrogens is 1. The summed E-state index contributed by atoms with van der Waals surface area (Å²) >= 11 is 0. The van der Waals surface area contributed by atoms with Gasteiger partial charge in [-0.1, -0.05) is 0 Å². The number of aromatic amines is 1. The van der Waals surface area contributed by atoms with Crippen molar-refractivity contribution >= 4 is 6.09 Å². The Morgan fingerprint density at radius 2 is 2.26 bits per heavy atom. The third-order valence-corrected chi connectivity index (χ3v) is 2.78. The number of halogens is 2. The van der Waals surface area contributed by atoms with Crippen LogP contribution in [0.4, 0.5) is 13.6 Å². The lowest BCUT2D eigenvalue weighted by atomic mass is 10.1. The first-order chi connectivity index (χ1) is 8.68. The first-order valence-electron chi connectivity index (χ1n) is 6.04. The molecule has 19 heavy (non-hydrogen) atoms. The van der Waals surface area contributed by atoms with E-state index in [-0.39, 0.29) is 0 Å². The number of nitrogens with zero attached hydrogens (tertiary/aromatic N) is 2. The first kappa shape index (κ1) is 13.8. The van der Waals surface area contributed by atoms with E-state index in [0.29, 0.717) is 5.69 Å². The summed E-state index contributed by atoms with van der Waals surface area (Å²) in [5.41, 5.74) is -0.226. The van der Waals surface area contributed by atoms with Crippen molar-refractivity contribution in [3.05, 3.63) is 18.2 Å². The van der Waals surface area contributed by atoms with Gasteiger partial charge in [0, 0.05) is 6.42 Å². The van der Waals surface area contributed by atoms with E-state index < -0.39 is 36.6 Å². The highest BCUT2D eigenvalue weighted by Crippen LogP contribution is 2.40. The number of hydrogen-bond acceptors (Lipinski definition) is 3. The predicted molar refractivity (Wildman–Crippen MR) is 63.8 cm³/mol. The molecule has 0 radical (unpaired) electrons. The van der Waals surface area contributed by atoms with Gasteiger partial charge in [-0.3, -0.25) is 4.90 Å². The van der Waals surface area contributed by atoms with Crippen LogP contribution < -0.4 is 0 Å². The molecule has 7 heteroatoms. The van der Waals surface area contributed by atoms with Gasteiger partial charge in [0.1, 0.15) is 5.60 Å². The van der Waals surface area contributed by atoms with Crippen molar-refractivity contribution in [2.24, 2.45) is 0 Å². The maximum Gasteiger partial charge on any atom is 0.411 e. The Hall–Kier alpha value is -1.66. The number of rotatable bonds is 1. The number of likely N-dealkylation sites (tertiary alicyclic amines) is 1. The van der Waals surface area contributed by atoms with Gasteiger partial charge in [-0.15, -0.1) is 0 Å². The maximum atomic E-state index is 13.5. The van der Waals surface area contributed by atoms with E-state index in [1.807, 2.05) is 0 Å². The summed E-state index contributed by atoms with van der Waals surface area (Å²) in [5.74, 6) is -2.91. The number of carbonyl (C=O) groups is 1. The van der Waals surface area contributed by atoms with Crippen LogP contribution in [0.25, 0.3) is 0 Å². The van der Waals surface area contributed by atoms with E-state index in [2.05, 4.69) is 9.97 Å². The van der Waals surface area contributed by atoms with E-state index >= 15 is 0 Å². The maximum absolute atomic E-state index is 13.5. The Morgan fingerprint density at radius 3 is 2.79 bits per heavy atom. The molecular weight excluding hydrogens is 256 g/mol. The van der Waals surface area contributed by atoms with Gasteiger partial charge in [0.25, 0.3) is 5.92 Å². The number of alkyl halides is 2. The van der Waals surface area contributed by atoms with Gasteiger partial charge in [-0.25, -0.2) is 18.6 Å². The van der Waals surface area contributed by atoms with Crippen LogP contribution in [0, 0.1) is 0 Å². The van der Waals surface area contributed by atoms with Crippen molar-refractivity contribution in [2.45, 2.75) is 44.8 Å². The normalized spacial score (nSPS) is 22.6. The number of hydrogen-bond donors (Lipinski definition) is 1. The molecule has 106 valence electrons. The highest BCUT2D eigenvalue weighted by Gasteiger charge is 2.49. The monoisotopic (exact) mass is 273 g/mol. The fraction of sp³-hybridized carbons (Fsp3) is 0.667. The second-order valence-electron chi connectivity index (χ2n) is 5.69. The summed E-state index contributed by atoms with van der Waals surface area (Å²) in [6.45, 7) is 4.46. The fourth-order valence-electron chi connectivity index (χ4n) is 2.06. The van der Waals surface area contributed by atoms with Gasteiger partial charge < -0.3 is 9.72 Å². The molecule has 1 unspecified atom stereocenters. The second kappa shape index (κ2) is 4.47. The molecule has 1 aromatic heterocycles. The van der Waals surface area contributed by atoms with Gasteiger partial charge in [-0.2, -0.15) is 0 Å². The van der Waals surface area contributed by atoms with Crippen molar-refractivity contribution in [3.63, 3.8) is 0 Å². The molecule has 1 saturated heterocycles. The Bertz CT molecular complexity index is 454. The number of nitrogens with one attached hydrogen (secondary N) is 1. The number of imidazole rings is 1. The zero-order valence-corrected chi connectivity index (χ0v) is 11.1. The van der Waals surface area contributed by atoms with E-state index in [1.165, 1.54) is 12.5 Å². The smallest absolute Gasteiger partial charge is 0.411 e. The molecule has 0 aliphatic carbocycles. The topological polar surface area (TPSA) is 58.2 Å². The molecule has 1 amide bonds. The van der Waals surface area contributed by atoms with Gasteiger partial charge in [-0.05, 0) is 20.8 Å². The van der Waals surface area contributed by atoms with Crippen LogP contribution in [0.5, 0.6) is 0 Å². The second-order valence-corrected chi connectivity index (χ2v) is 5.69. The summed E-state index contributed by atoms with van der Waals surface area (Å²) in [6.07, 6.45) is 1.70. The van der Waals surface area contributed by atoms with Crippen molar-refractivity contribution in [3.8, 4) is 0 Å². The van der Waals surface area contributed by atoms with Crippen LogP contribution in [0.1, 0.15) is 38.9 Å². The first-order valence-corrected chi connectivity index (χ1v) is 6.04. The van der Waals surface area contributed by atoms with Gasteiger partial charge in [0.05, 0.1) is 30.8 Å². The van der Waals surface area contributed by atoms with Gasteiger partial charge >= 0.3 is 6.09 Å². The summed E-state index contributed by atoms with van der Waals surface area (Å²) < 4.78 is 32.3. The largest absolute Gasteiger partial charge is 0.444 e. The van der Waals surface area contributed by atoms with Crippen molar-refractivity contribution in [2.75, 3.05) is 6.54 Å². The van der Waals surface area contributed by atoms with E-state index in [1.54, 1.807) is 20.8 Å². The molecule has 2 heterocycles. The highest BCUT2D eigenvalue weighted by atomic mass is 19.3. The molecule has 0 saturated carbocycles. The standard InChI is InChI=1S/C12H17F2N3O2/c1-11(2,3)19-10(18)17-6-12(13,14)4-9(17)8-5-15-7-16-8/h5,7,9H,4,6H2,1-3H3,(H,15,16). The lowest BCUT2D eigenvalue weighted by Crippen LogP contribution is -2.38. The van der Waals surface area contributed by atoms with E-state index in [4.69, 9.17) is 4.74 Å². The zero-order chi connectivity index (χ0) is 14.3. The van der Waals surface area contributed by atoms with Crippen LogP contribution in [-0.2, 0) is 4.74 Å². The lowest BCUT2D eigenvalue weighted by Gasteiger charge is -2.27. The molecule has 2 rings (SSSR count). The van der Waals surface area contributed by atoms with Crippen molar-refractivity contribution < 1.29 is 18.3 Å². The molecule has 1 fully saturated rings. The molecule has 1 N–H and O–H groups in total. The fourth-order valence-corrected chi connectivity index (χ4v) is 2.06. The third kappa shape index (κ3) is 3.21.